The van der Waals surface area contributed by atoms with Crippen LogP contribution in [0.1, 0.15) is 13.8 Å². The Morgan fingerprint density at radius 1 is 1.21 bits per heavy atom. The molecule has 0 spiro atoms. The van der Waals surface area contributed by atoms with Gasteiger partial charge in [0.05, 0.1) is 25.4 Å². The van der Waals surface area contributed by atoms with Gasteiger partial charge in [-0.25, -0.2) is 0 Å². The lowest BCUT2D eigenvalue weighted by molar-refractivity contribution is -0.114. The van der Waals surface area contributed by atoms with Crippen LogP contribution in [0.15, 0.2) is 25.3 Å². The first-order valence-electron chi connectivity index (χ1n) is 5.45. The van der Waals surface area contributed by atoms with Crippen LogP contribution in [0.3, 0.4) is 0 Å². The van der Waals surface area contributed by atoms with E-state index in [0.717, 1.165) is 12.2 Å². The Bertz CT molecular complexity index is 249. The van der Waals surface area contributed by atoms with Crippen molar-refractivity contribution in [1.29, 1.82) is 0 Å². The molecule has 0 aliphatic rings. The van der Waals surface area contributed by atoms with Crippen molar-refractivity contribution in [3.63, 3.8) is 0 Å². The summed E-state index contributed by atoms with van der Waals surface area (Å²) in [6.45, 7) is 9.87. The van der Waals surface area contributed by atoms with Gasteiger partial charge < -0.3 is 26.4 Å². The van der Waals surface area contributed by atoms with E-state index in [1.165, 1.54) is 0 Å². The Hall–Kier alpha value is -1.70. The Morgan fingerprint density at radius 2 is 1.53 bits per heavy atom. The summed E-state index contributed by atoms with van der Waals surface area (Å²) in [5.74, 6) is -0.963. The molecule has 0 saturated heterocycles. The number of nitrogens with two attached hydrogens (primary N) is 2. The Labute approximate surface area is 113 Å². The minimum absolute atomic E-state index is 0.00667. The van der Waals surface area contributed by atoms with E-state index in [4.69, 9.17) is 14.9 Å². The van der Waals surface area contributed by atoms with Crippen molar-refractivity contribution in [3.8, 4) is 0 Å². The molecule has 0 bridgehead atoms. The zero-order valence-corrected chi connectivity index (χ0v) is 11.4. The lowest BCUT2D eigenvalue weighted by Gasteiger charge is -2.10. The average molecular weight is 276 g/mol. The number of ether oxygens (including phenoxy) is 1. The number of aliphatic hydroxyl groups excluding tert-OH is 2. The molecule has 0 saturated carbocycles. The van der Waals surface area contributed by atoms with Gasteiger partial charge in [-0.15, -0.1) is 0 Å². The molecule has 0 rings (SSSR count). The third-order valence-electron chi connectivity index (χ3n) is 1.28. The molecule has 0 aromatic carbocycles. The number of carbonyl (C=O) groups excluding carboxylic acids is 2. The number of hydrogen-bond donors (Lipinski definition) is 4. The minimum atomic E-state index is -0.481. The molecular weight excluding hydrogens is 252 g/mol. The molecule has 0 aliphatic carbocycles. The summed E-state index contributed by atoms with van der Waals surface area (Å²) in [5, 5.41) is 17.1. The normalized spacial score (nSPS) is 11.6. The van der Waals surface area contributed by atoms with Gasteiger partial charge >= 0.3 is 0 Å². The van der Waals surface area contributed by atoms with Gasteiger partial charge in [0.2, 0.25) is 11.8 Å². The van der Waals surface area contributed by atoms with Gasteiger partial charge in [0, 0.05) is 0 Å². The monoisotopic (exact) mass is 276 g/mol. The smallest absolute Gasteiger partial charge is 0.240 e. The SMILES string of the molecule is C=CC(N)=O.C=CC(N)=O.CC(O)COC(C)CO. The number of aliphatic hydroxyl groups is 2. The maximum absolute atomic E-state index is 9.47. The van der Waals surface area contributed by atoms with Crippen LogP contribution < -0.4 is 11.5 Å². The van der Waals surface area contributed by atoms with Crippen molar-refractivity contribution < 1.29 is 24.5 Å². The summed E-state index contributed by atoms with van der Waals surface area (Å²) < 4.78 is 4.95. The number of carbonyl (C=O) groups is 2. The van der Waals surface area contributed by atoms with Crippen LogP contribution >= 0.6 is 0 Å². The number of hydrogen-bond acceptors (Lipinski definition) is 5. The number of primary amides is 2. The summed E-state index contributed by atoms with van der Waals surface area (Å²) in [6.07, 6.45) is 1.50. The van der Waals surface area contributed by atoms with Gasteiger partial charge in [0.25, 0.3) is 0 Å². The van der Waals surface area contributed by atoms with Gasteiger partial charge in [-0.05, 0) is 26.0 Å². The van der Waals surface area contributed by atoms with E-state index in [-0.39, 0.29) is 12.7 Å². The van der Waals surface area contributed by atoms with Crippen LogP contribution in [0, 0.1) is 0 Å². The molecule has 19 heavy (non-hydrogen) atoms. The molecule has 2 atom stereocenters. The van der Waals surface area contributed by atoms with Gasteiger partial charge in [-0.1, -0.05) is 13.2 Å². The van der Waals surface area contributed by atoms with Crippen LogP contribution in [0.2, 0.25) is 0 Å². The second kappa shape index (κ2) is 16.3. The average Bonchev–Trinajstić information content (AvgIpc) is 2.37. The predicted molar refractivity (Wildman–Crippen MR) is 73.0 cm³/mol. The molecule has 0 aromatic heterocycles. The zero-order valence-electron chi connectivity index (χ0n) is 11.4. The number of amides is 2. The van der Waals surface area contributed by atoms with E-state index in [9.17, 15) is 9.59 Å². The second-order valence-corrected chi connectivity index (χ2v) is 3.39. The molecule has 2 amide bonds. The van der Waals surface area contributed by atoms with Crippen LogP contribution in [0.5, 0.6) is 0 Å². The summed E-state index contributed by atoms with van der Waals surface area (Å²) in [6, 6.07) is 0. The standard InChI is InChI=1S/C6H14O3.2C3H5NO/c1-5(8)4-9-6(2)3-7;2*1-2-3(4)5/h5-8H,3-4H2,1-2H3;2*2H,1H2,(H2,4,5). The van der Waals surface area contributed by atoms with Crippen molar-refractivity contribution in [2.45, 2.75) is 26.1 Å². The molecule has 7 nitrogen and oxygen atoms in total. The predicted octanol–water partition coefficient (Wildman–Crippen LogP) is -0.920. The molecule has 0 heterocycles. The summed E-state index contributed by atoms with van der Waals surface area (Å²) >= 11 is 0. The highest BCUT2D eigenvalue weighted by atomic mass is 16.5. The fraction of sp³-hybridized carbons (Fsp3) is 0.500. The van der Waals surface area contributed by atoms with Crippen molar-refractivity contribution >= 4 is 11.8 Å². The van der Waals surface area contributed by atoms with Crippen molar-refractivity contribution in [1.82, 2.24) is 0 Å². The van der Waals surface area contributed by atoms with Gasteiger partial charge in [0.15, 0.2) is 0 Å². The van der Waals surface area contributed by atoms with Crippen LogP contribution in [0.4, 0.5) is 0 Å². The van der Waals surface area contributed by atoms with Crippen LogP contribution in [-0.4, -0.2) is 47.4 Å². The molecular formula is C12H24N2O5. The topological polar surface area (TPSA) is 136 Å². The van der Waals surface area contributed by atoms with E-state index >= 15 is 0 Å². The maximum Gasteiger partial charge on any atom is 0.240 e. The highest BCUT2D eigenvalue weighted by Crippen LogP contribution is 1.90. The number of rotatable bonds is 6. The summed E-state index contributed by atoms with van der Waals surface area (Å²) in [4.78, 5) is 18.9. The quantitative estimate of drug-likeness (QED) is 0.465. The molecule has 112 valence electrons. The van der Waals surface area contributed by atoms with Gasteiger partial charge in [-0.3, -0.25) is 9.59 Å². The largest absolute Gasteiger partial charge is 0.394 e. The van der Waals surface area contributed by atoms with Gasteiger partial charge in [0.1, 0.15) is 0 Å². The fourth-order valence-corrected chi connectivity index (χ4v) is 0.356. The van der Waals surface area contributed by atoms with Gasteiger partial charge in [-0.2, -0.15) is 0 Å². The molecule has 0 aliphatic heterocycles. The van der Waals surface area contributed by atoms with E-state index in [1.807, 2.05) is 0 Å². The van der Waals surface area contributed by atoms with E-state index in [0.29, 0.717) is 6.61 Å². The highest BCUT2D eigenvalue weighted by Gasteiger charge is 2.00. The third-order valence-corrected chi connectivity index (χ3v) is 1.28. The maximum atomic E-state index is 9.47. The van der Waals surface area contributed by atoms with Crippen molar-refractivity contribution in [2.24, 2.45) is 11.5 Å². The Balaban J connectivity index is -0.000000219. The lowest BCUT2D eigenvalue weighted by Crippen LogP contribution is -2.19. The first-order chi connectivity index (χ1) is 8.70. The molecule has 0 radical (unpaired) electrons. The first-order valence-corrected chi connectivity index (χ1v) is 5.45. The van der Waals surface area contributed by atoms with Crippen LogP contribution in [-0.2, 0) is 14.3 Å². The third kappa shape index (κ3) is 38.5. The van der Waals surface area contributed by atoms with E-state index in [1.54, 1.807) is 13.8 Å². The van der Waals surface area contributed by atoms with Crippen molar-refractivity contribution in [3.05, 3.63) is 25.3 Å². The molecule has 0 aromatic rings. The highest BCUT2D eigenvalue weighted by molar-refractivity contribution is 5.85. The van der Waals surface area contributed by atoms with E-state index < -0.39 is 17.9 Å². The molecule has 2 unspecified atom stereocenters. The van der Waals surface area contributed by atoms with E-state index in [2.05, 4.69) is 24.6 Å². The van der Waals surface area contributed by atoms with Crippen LogP contribution in [0.25, 0.3) is 0 Å². The summed E-state index contributed by atoms with van der Waals surface area (Å²) in [7, 11) is 0. The summed E-state index contributed by atoms with van der Waals surface area (Å²) in [5.41, 5.74) is 9.07. The Kier molecular flexibility index (Phi) is 19.3. The molecule has 7 heteroatoms. The molecule has 0 fully saturated rings. The Morgan fingerprint density at radius 3 is 1.68 bits per heavy atom. The minimum Gasteiger partial charge on any atom is -0.394 e. The zero-order chi connectivity index (χ0) is 15.8. The van der Waals surface area contributed by atoms with Crippen molar-refractivity contribution in [2.75, 3.05) is 13.2 Å². The second-order valence-electron chi connectivity index (χ2n) is 3.39. The molecule has 6 N–H and O–H groups in total. The first kappa shape index (κ1) is 22.5. The fourth-order valence-electron chi connectivity index (χ4n) is 0.356. The lowest BCUT2D eigenvalue weighted by atomic mass is 10.4.